The minimum Gasteiger partial charge on any atom is -0.377 e. The smallest absolute Gasteiger partial charge is 0.198 e. The summed E-state index contributed by atoms with van der Waals surface area (Å²) in [5.41, 5.74) is 2.78. The molecule has 0 amide bonds. The Morgan fingerprint density at radius 2 is 1.92 bits per heavy atom. The molecule has 2 atom stereocenters. The lowest BCUT2D eigenvalue weighted by molar-refractivity contribution is 0.0495. The summed E-state index contributed by atoms with van der Waals surface area (Å²) in [5.74, 6) is -0.0406. The summed E-state index contributed by atoms with van der Waals surface area (Å²) in [6.07, 6.45) is 3.98. The number of halogens is 1. The van der Waals surface area contributed by atoms with Gasteiger partial charge in [0.2, 0.25) is 0 Å². The predicted molar refractivity (Wildman–Crippen MR) is 105 cm³/mol. The van der Waals surface area contributed by atoms with Gasteiger partial charge in [0.05, 0.1) is 0 Å². The van der Waals surface area contributed by atoms with Crippen LogP contribution in [0.1, 0.15) is 28.8 Å². The van der Waals surface area contributed by atoms with Crippen molar-refractivity contribution in [3.05, 3.63) is 76.3 Å². The van der Waals surface area contributed by atoms with Crippen molar-refractivity contribution in [2.45, 2.75) is 24.9 Å². The molecule has 1 aliphatic carbocycles. The van der Waals surface area contributed by atoms with E-state index in [0.717, 1.165) is 19.4 Å². The van der Waals surface area contributed by atoms with Crippen LogP contribution in [0.2, 0.25) is 5.02 Å². The first-order chi connectivity index (χ1) is 12.5. The Kier molecular flexibility index (Phi) is 4.37. The van der Waals surface area contributed by atoms with Crippen LogP contribution < -0.4 is 4.90 Å². The van der Waals surface area contributed by atoms with Gasteiger partial charge >= 0.3 is 0 Å². The molecule has 1 aliphatic heterocycles. The van der Waals surface area contributed by atoms with Gasteiger partial charge in [0, 0.05) is 29.9 Å². The number of fused-ring (bicyclic) bond motifs is 2. The van der Waals surface area contributed by atoms with Gasteiger partial charge in [-0.25, -0.2) is 0 Å². The number of aliphatic hydroxyl groups is 1. The van der Waals surface area contributed by atoms with Gasteiger partial charge in [0.1, 0.15) is 5.60 Å². The Labute approximate surface area is 158 Å². The van der Waals surface area contributed by atoms with E-state index in [1.165, 1.54) is 16.8 Å². The molecule has 0 saturated heterocycles. The van der Waals surface area contributed by atoms with Crippen LogP contribution in [0.15, 0.2) is 60.2 Å². The van der Waals surface area contributed by atoms with Crippen molar-refractivity contribution in [1.82, 2.24) is 0 Å². The van der Waals surface area contributed by atoms with E-state index in [9.17, 15) is 9.90 Å². The van der Waals surface area contributed by atoms with Crippen LogP contribution in [0, 0.1) is 5.92 Å². The lowest BCUT2D eigenvalue weighted by Crippen LogP contribution is -2.35. The van der Waals surface area contributed by atoms with Crippen LogP contribution in [0.3, 0.4) is 0 Å². The summed E-state index contributed by atoms with van der Waals surface area (Å²) in [4.78, 5) is 15.2. The first-order valence-electron chi connectivity index (χ1n) is 9.00. The third-order valence-electron chi connectivity index (χ3n) is 5.61. The van der Waals surface area contributed by atoms with E-state index < -0.39 is 5.60 Å². The fraction of sp³-hybridized carbons (Fsp3) is 0.318. The molecule has 0 aromatic heterocycles. The van der Waals surface area contributed by atoms with Crippen LogP contribution in [0.5, 0.6) is 0 Å². The predicted octanol–water partition coefficient (Wildman–Crippen LogP) is 4.28. The van der Waals surface area contributed by atoms with Crippen LogP contribution in [-0.2, 0) is 6.42 Å². The number of anilines is 1. The largest absolute Gasteiger partial charge is 0.377 e. The highest BCUT2D eigenvalue weighted by Crippen LogP contribution is 2.42. The number of ketones is 1. The lowest BCUT2D eigenvalue weighted by atomic mass is 9.85. The zero-order chi connectivity index (χ0) is 18.3. The molecule has 4 heteroatoms. The van der Waals surface area contributed by atoms with Crippen molar-refractivity contribution in [2.75, 3.05) is 18.5 Å². The average Bonchev–Trinajstić information content (AvgIpc) is 2.95. The number of hydrogen-bond donors (Lipinski definition) is 1. The van der Waals surface area contributed by atoms with Crippen molar-refractivity contribution in [3.63, 3.8) is 0 Å². The Hall–Kier alpha value is -2.10. The van der Waals surface area contributed by atoms with Gasteiger partial charge < -0.3 is 10.0 Å². The van der Waals surface area contributed by atoms with Crippen molar-refractivity contribution < 1.29 is 9.90 Å². The normalized spacial score (nSPS) is 25.0. The fourth-order valence-electron chi connectivity index (χ4n) is 4.22. The monoisotopic (exact) mass is 367 g/mol. The van der Waals surface area contributed by atoms with Crippen LogP contribution >= 0.6 is 11.6 Å². The summed E-state index contributed by atoms with van der Waals surface area (Å²) >= 11 is 5.92. The second-order valence-corrected chi connectivity index (χ2v) is 7.82. The minimum atomic E-state index is -1.42. The molecule has 26 heavy (non-hydrogen) atoms. The van der Waals surface area contributed by atoms with Crippen molar-refractivity contribution >= 4 is 23.1 Å². The number of carbonyl (C=O) groups excluding carboxylic acids is 1. The first kappa shape index (κ1) is 17.3. The quantitative estimate of drug-likeness (QED) is 0.636. The van der Waals surface area contributed by atoms with Gasteiger partial charge in [-0.15, -0.1) is 0 Å². The number of rotatable bonds is 2. The van der Waals surface area contributed by atoms with Gasteiger partial charge in [-0.2, -0.15) is 0 Å². The lowest BCUT2D eigenvalue weighted by Gasteiger charge is -2.29. The molecule has 134 valence electrons. The molecular formula is C22H22ClNO2. The first-order valence-corrected chi connectivity index (χ1v) is 9.37. The molecule has 2 unspecified atom stereocenters. The van der Waals surface area contributed by atoms with Crippen LogP contribution in [0.4, 0.5) is 5.69 Å². The van der Waals surface area contributed by atoms with Gasteiger partial charge in [0.15, 0.2) is 5.78 Å². The molecule has 0 spiro atoms. The highest BCUT2D eigenvalue weighted by atomic mass is 35.5. The van der Waals surface area contributed by atoms with E-state index in [2.05, 4.69) is 36.2 Å². The molecule has 1 N–H and O–H groups in total. The van der Waals surface area contributed by atoms with Gasteiger partial charge in [-0.3, -0.25) is 4.79 Å². The van der Waals surface area contributed by atoms with Gasteiger partial charge in [0.25, 0.3) is 0 Å². The van der Waals surface area contributed by atoms with Crippen molar-refractivity contribution in [3.8, 4) is 0 Å². The molecule has 0 fully saturated rings. The SMILES string of the molecule is CN1CCC2=CC(O)(C(=O)c3ccc(Cl)cc3)CC2Cc2ccccc21. The zero-order valence-electron chi connectivity index (χ0n) is 14.8. The molecule has 2 aromatic rings. The molecule has 2 aliphatic rings. The highest BCUT2D eigenvalue weighted by molar-refractivity contribution is 6.30. The Balaban J connectivity index is 1.64. The minimum absolute atomic E-state index is 0.200. The Bertz CT molecular complexity index is 874. The maximum Gasteiger partial charge on any atom is 0.198 e. The van der Waals surface area contributed by atoms with E-state index in [0.29, 0.717) is 17.0 Å². The third-order valence-corrected chi connectivity index (χ3v) is 5.86. The van der Waals surface area contributed by atoms with Crippen molar-refractivity contribution in [1.29, 1.82) is 0 Å². The molecule has 4 rings (SSSR count). The van der Waals surface area contributed by atoms with Crippen LogP contribution in [-0.4, -0.2) is 30.1 Å². The maximum atomic E-state index is 13.0. The summed E-state index contributed by atoms with van der Waals surface area (Å²) in [7, 11) is 2.10. The van der Waals surface area contributed by atoms with E-state index in [4.69, 9.17) is 11.6 Å². The number of hydrogen-bond acceptors (Lipinski definition) is 3. The van der Waals surface area contributed by atoms with E-state index in [1.807, 2.05) is 6.08 Å². The molecule has 1 heterocycles. The molecule has 3 nitrogen and oxygen atoms in total. The van der Waals surface area contributed by atoms with Crippen molar-refractivity contribution in [2.24, 2.45) is 5.92 Å². The van der Waals surface area contributed by atoms with E-state index in [1.54, 1.807) is 24.3 Å². The average molecular weight is 368 g/mol. The second kappa shape index (κ2) is 6.57. The maximum absolute atomic E-state index is 13.0. The fourth-order valence-corrected chi connectivity index (χ4v) is 4.34. The zero-order valence-corrected chi connectivity index (χ0v) is 15.5. The number of carbonyl (C=O) groups is 1. The number of Topliss-reactive ketones (excluding diaryl/α,β-unsaturated/α-hetero) is 1. The van der Waals surface area contributed by atoms with E-state index >= 15 is 0 Å². The Morgan fingerprint density at radius 1 is 1.19 bits per heavy atom. The standard InChI is InChI=1S/C22H22ClNO2/c1-24-11-10-17-13-22(26,21(25)15-6-8-19(23)9-7-15)14-18(17)12-16-4-2-3-5-20(16)24/h2-9,13,18,26H,10-12,14H2,1H3. The summed E-state index contributed by atoms with van der Waals surface area (Å²) in [6, 6.07) is 15.1. The van der Waals surface area contributed by atoms with E-state index in [-0.39, 0.29) is 11.7 Å². The topological polar surface area (TPSA) is 40.5 Å². The summed E-state index contributed by atoms with van der Waals surface area (Å²) in [6.45, 7) is 0.880. The summed E-state index contributed by atoms with van der Waals surface area (Å²) < 4.78 is 0. The molecule has 2 aromatic carbocycles. The highest BCUT2D eigenvalue weighted by Gasteiger charge is 2.43. The number of benzene rings is 2. The third kappa shape index (κ3) is 3.06. The number of para-hydroxylation sites is 1. The molecule has 0 bridgehead atoms. The van der Waals surface area contributed by atoms with Gasteiger partial charge in [-0.05, 0) is 67.2 Å². The second-order valence-electron chi connectivity index (χ2n) is 7.38. The van der Waals surface area contributed by atoms with Crippen LogP contribution in [0.25, 0.3) is 0 Å². The molecule has 0 radical (unpaired) electrons. The molecular weight excluding hydrogens is 346 g/mol. The molecule has 0 saturated carbocycles. The number of nitrogens with zero attached hydrogens (tertiary/aromatic N) is 1. The summed E-state index contributed by atoms with van der Waals surface area (Å²) in [5, 5.41) is 11.7. The Morgan fingerprint density at radius 3 is 2.69 bits per heavy atom. The van der Waals surface area contributed by atoms with Gasteiger partial charge in [-0.1, -0.05) is 35.4 Å².